The fourth-order valence-electron chi connectivity index (χ4n) is 3.58. The van der Waals surface area contributed by atoms with Crippen molar-refractivity contribution < 1.29 is 8.42 Å². The van der Waals surface area contributed by atoms with Crippen LogP contribution in [-0.2, 0) is 16.3 Å². The lowest BCUT2D eigenvalue weighted by atomic mass is 10.0. The van der Waals surface area contributed by atoms with Gasteiger partial charge in [0.05, 0.1) is 11.4 Å². The SMILES string of the molecule is CCNC(=NCC(C(C)C)N1CCCC1)NCCc1ccc(S(C)(=O)=O)cc1. The van der Waals surface area contributed by atoms with E-state index < -0.39 is 9.84 Å². The summed E-state index contributed by atoms with van der Waals surface area (Å²) in [6.45, 7) is 11.4. The third-order valence-electron chi connectivity index (χ3n) is 5.22. The largest absolute Gasteiger partial charge is 0.357 e. The molecule has 1 unspecified atom stereocenters. The van der Waals surface area contributed by atoms with Gasteiger partial charge in [0.2, 0.25) is 0 Å². The molecule has 1 aliphatic rings. The molecule has 1 saturated heterocycles. The Morgan fingerprint density at radius 2 is 1.79 bits per heavy atom. The minimum absolute atomic E-state index is 0.362. The topological polar surface area (TPSA) is 73.8 Å². The highest BCUT2D eigenvalue weighted by atomic mass is 32.2. The van der Waals surface area contributed by atoms with Gasteiger partial charge in [0.1, 0.15) is 0 Å². The molecule has 0 radical (unpaired) electrons. The average Bonchev–Trinajstić information content (AvgIpc) is 3.15. The highest BCUT2D eigenvalue weighted by molar-refractivity contribution is 7.90. The number of guanidine groups is 1. The average molecular weight is 409 g/mol. The van der Waals surface area contributed by atoms with Gasteiger partial charge in [0, 0.05) is 25.4 Å². The molecule has 0 saturated carbocycles. The molecule has 0 amide bonds. The molecule has 0 aromatic heterocycles. The first-order chi connectivity index (χ1) is 13.3. The standard InChI is InChI=1S/C21H36N4O2S/c1-5-22-21(24-16-20(17(2)3)25-14-6-7-15-25)23-13-12-18-8-10-19(11-9-18)28(4,26)27/h8-11,17,20H,5-7,12-16H2,1-4H3,(H2,22,23,24). The summed E-state index contributed by atoms with van der Waals surface area (Å²) in [5.74, 6) is 1.43. The second-order valence-corrected chi connectivity index (χ2v) is 9.88. The summed E-state index contributed by atoms with van der Waals surface area (Å²) in [4.78, 5) is 7.76. The Bertz CT molecular complexity index is 723. The lowest BCUT2D eigenvalue weighted by molar-refractivity contribution is 0.197. The second-order valence-electron chi connectivity index (χ2n) is 7.87. The van der Waals surface area contributed by atoms with Gasteiger partial charge in [-0.3, -0.25) is 9.89 Å². The highest BCUT2D eigenvalue weighted by Crippen LogP contribution is 2.18. The molecule has 6 nitrogen and oxygen atoms in total. The summed E-state index contributed by atoms with van der Waals surface area (Å²) < 4.78 is 23.1. The number of hydrogen-bond donors (Lipinski definition) is 2. The Morgan fingerprint density at radius 3 is 2.32 bits per heavy atom. The minimum Gasteiger partial charge on any atom is -0.357 e. The van der Waals surface area contributed by atoms with E-state index in [1.807, 2.05) is 12.1 Å². The van der Waals surface area contributed by atoms with Crippen molar-refractivity contribution in [3.05, 3.63) is 29.8 Å². The van der Waals surface area contributed by atoms with E-state index in [1.54, 1.807) is 12.1 Å². The van der Waals surface area contributed by atoms with E-state index in [4.69, 9.17) is 4.99 Å². The quantitative estimate of drug-likeness (QED) is 0.485. The summed E-state index contributed by atoms with van der Waals surface area (Å²) in [6.07, 6.45) is 4.64. The molecule has 158 valence electrons. The third-order valence-corrected chi connectivity index (χ3v) is 6.35. The van der Waals surface area contributed by atoms with Crippen LogP contribution in [0.15, 0.2) is 34.2 Å². The maximum absolute atomic E-state index is 11.5. The molecule has 1 aliphatic heterocycles. The van der Waals surface area contributed by atoms with E-state index in [0.29, 0.717) is 16.9 Å². The van der Waals surface area contributed by atoms with Crippen molar-refractivity contribution in [3.63, 3.8) is 0 Å². The monoisotopic (exact) mass is 408 g/mol. The number of benzene rings is 1. The fraction of sp³-hybridized carbons (Fsp3) is 0.667. The van der Waals surface area contributed by atoms with Gasteiger partial charge >= 0.3 is 0 Å². The zero-order valence-corrected chi connectivity index (χ0v) is 18.6. The van der Waals surface area contributed by atoms with Crippen molar-refractivity contribution in [2.45, 2.75) is 51.0 Å². The Hall–Kier alpha value is -1.60. The van der Waals surface area contributed by atoms with Crippen LogP contribution < -0.4 is 10.6 Å². The summed E-state index contributed by atoms with van der Waals surface area (Å²) in [5, 5.41) is 6.72. The van der Waals surface area contributed by atoms with Gasteiger partial charge in [0.25, 0.3) is 0 Å². The number of aliphatic imine (C=N–C) groups is 1. The van der Waals surface area contributed by atoms with Crippen LogP contribution in [0.2, 0.25) is 0 Å². The minimum atomic E-state index is -3.14. The summed E-state index contributed by atoms with van der Waals surface area (Å²) in [7, 11) is -3.14. The Labute approximate surface area is 170 Å². The van der Waals surface area contributed by atoms with Gasteiger partial charge in [0.15, 0.2) is 15.8 Å². The predicted octanol–water partition coefficient (Wildman–Crippen LogP) is 2.31. The van der Waals surface area contributed by atoms with Gasteiger partial charge in [-0.2, -0.15) is 0 Å². The van der Waals surface area contributed by atoms with Crippen LogP contribution in [0.4, 0.5) is 0 Å². The maximum atomic E-state index is 11.5. The molecule has 1 aromatic carbocycles. The lowest BCUT2D eigenvalue weighted by Crippen LogP contribution is -2.42. The van der Waals surface area contributed by atoms with E-state index in [-0.39, 0.29) is 0 Å². The molecular formula is C21H36N4O2S. The first kappa shape index (κ1) is 22.7. The van der Waals surface area contributed by atoms with Crippen LogP contribution in [0.3, 0.4) is 0 Å². The van der Waals surface area contributed by atoms with E-state index in [0.717, 1.165) is 37.6 Å². The number of rotatable bonds is 9. The van der Waals surface area contributed by atoms with Crippen molar-refractivity contribution in [2.24, 2.45) is 10.9 Å². The number of hydrogen-bond acceptors (Lipinski definition) is 4. The first-order valence-electron chi connectivity index (χ1n) is 10.4. The molecule has 0 bridgehead atoms. The van der Waals surface area contributed by atoms with Crippen LogP contribution in [0, 0.1) is 5.92 Å². The van der Waals surface area contributed by atoms with Crippen LogP contribution in [0.5, 0.6) is 0 Å². The Morgan fingerprint density at radius 1 is 1.14 bits per heavy atom. The first-order valence-corrected chi connectivity index (χ1v) is 12.3. The van der Waals surface area contributed by atoms with E-state index in [9.17, 15) is 8.42 Å². The molecule has 1 fully saturated rings. The number of likely N-dealkylation sites (tertiary alicyclic amines) is 1. The summed E-state index contributed by atoms with van der Waals surface area (Å²) >= 11 is 0. The molecule has 28 heavy (non-hydrogen) atoms. The smallest absolute Gasteiger partial charge is 0.191 e. The van der Waals surface area contributed by atoms with E-state index >= 15 is 0 Å². The van der Waals surface area contributed by atoms with Crippen molar-refractivity contribution in [1.29, 1.82) is 0 Å². The Balaban J connectivity index is 1.89. The van der Waals surface area contributed by atoms with Crippen molar-refractivity contribution in [1.82, 2.24) is 15.5 Å². The molecule has 1 atom stereocenters. The van der Waals surface area contributed by atoms with Gasteiger partial charge in [-0.15, -0.1) is 0 Å². The third kappa shape index (κ3) is 7.09. The summed E-state index contributed by atoms with van der Waals surface area (Å²) in [6, 6.07) is 7.59. The fourth-order valence-corrected chi connectivity index (χ4v) is 4.21. The molecule has 1 aromatic rings. The van der Waals surface area contributed by atoms with Crippen LogP contribution in [0.1, 0.15) is 39.2 Å². The molecule has 0 spiro atoms. The predicted molar refractivity (Wildman–Crippen MR) is 117 cm³/mol. The molecule has 7 heteroatoms. The van der Waals surface area contributed by atoms with Gasteiger partial charge < -0.3 is 10.6 Å². The second kappa shape index (κ2) is 10.8. The van der Waals surface area contributed by atoms with Crippen LogP contribution in [0.25, 0.3) is 0 Å². The lowest BCUT2D eigenvalue weighted by Gasteiger charge is -2.29. The molecule has 0 aliphatic carbocycles. The van der Waals surface area contributed by atoms with Crippen molar-refractivity contribution >= 4 is 15.8 Å². The van der Waals surface area contributed by atoms with Crippen molar-refractivity contribution in [3.8, 4) is 0 Å². The molecule has 2 rings (SSSR count). The van der Waals surface area contributed by atoms with Crippen LogP contribution in [-0.4, -0.2) is 64.3 Å². The zero-order chi connectivity index (χ0) is 20.6. The molecule has 1 heterocycles. The van der Waals surface area contributed by atoms with Gasteiger partial charge in [-0.05, 0) is 62.9 Å². The highest BCUT2D eigenvalue weighted by Gasteiger charge is 2.24. The zero-order valence-electron chi connectivity index (χ0n) is 17.7. The van der Waals surface area contributed by atoms with Crippen molar-refractivity contribution in [2.75, 3.05) is 39.0 Å². The van der Waals surface area contributed by atoms with E-state index in [2.05, 4.69) is 36.3 Å². The van der Waals surface area contributed by atoms with Gasteiger partial charge in [-0.25, -0.2) is 8.42 Å². The molecular weight excluding hydrogens is 372 g/mol. The summed E-state index contributed by atoms with van der Waals surface area (Å²) in [5.41, 5.74) is 1.10. The van der Waals surface area contributed by atoms with Crippen LogP contribution >= 0.6 is 0 Å². The normalized spacial score (nSPS) is 17.1. The molecule has 2 N–H and O–H groups in total. The number of nitrogens with one attached hydrogen (secondary N) is 2. The maximum Gasteiger partial charge on any atom is 0.191 e. The Kier molecular flexibility index (Phi) is 8.76. The van der Waals surface area contributed by atoms with Gasteiger partial charge in [-0.1, -0.05) is 26.0 Å². The number of sulfone groups is 1. The number of nitrogens with zero attached hydrogens (tertiary/aromatic N) is 2. The van der Waals surface area contributed by atoms with E-state index in [1.165, 1.54) is 32.2 Å².